The average Bonchev–Trinajstić information content (AvgIpc) is 2.82. The van der Waals surface area contributed by atoms with Crippen molar-refractivity contribution in [3.05, 3.63) is 58.1 Å². The number of hydrogen-bond acceptors (Lipinski definition) is 3. The van der Waals surface area contributed by atoms with Gasteiger partial charge in [-0.2, -0.15) is 10.5 Å². The van der Waals surface area contributed by atoms with E-state index in [1.807, 2.05) is 18.2 Å². The SMILES string of the molecule is [C-]#[N+]/C(C#N)=C1/CC(=C(C#N)C#N)c2ccccc21. The lowest BCUT2D eigenvalue weighted by Gasteiger charge is -1.99. The summed E-state index contributed by atoms with van der Waals surface area (Å²) in [5.41, 5.74) is 2.74. The van der Waals surface area contributed by atoms with Crippen molar-refractivity contribution in [1.82, 2.24) is 0 Å². The second-order valence-electron chi connectivity index (χ2n) is 3.85. The van der Waals surface area contributed by atoms with Crippen LogP contribution in [0.2, 0.25) is 0 Å². The van der Waals surface area contributed by atoms with Crippen molar-refractivity contribution in [1.29, 1.82) is 15.8 Å². The van der Waals surface area contributed by atoms with Gasteiger partial charge in [0, 0.05) is 0 Å². The highest BCUT2D eigenvalue weighted by molar-refractivity contribution is 5.97. The molecule has 1 aliphatic rings. The summed E-state index contributed by atoms with van der Waals surface area (Å²) in [6, 6.07) is 12.8. The third kappa shape index (κ3) is 1.85. The van der Waals surface area contributed by atoms with Crippen LogP contribution in [0.1, 0.15) is 17.5 Å². The molecular formula is C15H6N4. The van der Waals surface area contributed by atoms with Crippen LogP contribution in [0.3, 0.4) is 0 Å². The highest BCUT2D eigenvalue weighted by Gasteiger charge is 2.26. The van der Waals surface area contributed by atoms with Gasteiger partial charge in [-0.15, -0.1) is 0 Å². The van der Waals surface area contributed by atoms with Crippen LogP contribution < -0.4 is 0 Å². The number of hydrogen-bond donors (Lipinski definition) is 0. The number of fused-ring (bicyclic) bond motifs is 1. The summed E-state index contributed by atoms with van der Waals surface area (Å²) in [5.74, 6) is 0. The van der Waals surface area contributed by atoms with Crippen molar-refractivity contribution in [3.8, 4) is 18.2 Å². The first kappa shape index (κ1) is 12.1. The van der Waals surface area contributed by atoms with Gasteiger partial charge in [0.25, 0.3) is 5.70 Å². The molecule has 0 unspecified atom stereocenters. The molecule has 19 heavy (non-hydrogen) atoms. The summed E-state index contributed by atoms with van der Waals surface area (Å²) >= 11 is 0. The van der Waals surface area contributed by atoms with Gasteiger partial charge in [0.15, 0.2) is 0 Å². The summed E-state index contributed by atoms with van der Waals surface area (Å²) in [7, 11) is 0. The summed E-state index contributed by atoms with van der Waals surface area (Å²) in [5, 5.41) is 26.9. The second kappa shape index (κ2) is 4.89. The van der Waals surface area contributed by atoms with Crippen LogP contribution in [-0.2, 0) is 0 Å². The maximum atomic E-state index is 8.98. The van der Waals surface area contributed by atoms with E-state index in [0.29, 0.717) is 11.1 Å². The van der Waals surface area contributed by atoms with E-state index in [0.717, 1.165) is 11.1 Å². The van der Waals surface area contributed by atoms with Gasteiger partial charge in [-0.05, 0) is 28.7 Å². The number of rotatable bonds is 0. The molecule has 1 aromatic carbocycles. The van der Waals surface area contributed by atoms with Gasteiger partial charge in [0.2, 0.25) is 0 Å². The Morgan fingerprint density at radius 1 is 1.00 bits per heavy atom. The zero-order chi connectivity index (χ0) is 13.8. The molecule has 0 spiro atoms. The Labute approximate surface area is 110 Å². The van der Waals surface area contributed by atoms with Crippen LogP contribution in [0.5, 0.6) is 0 Å². The Hall–Kier alpha value is -3.34. The number of nitrogens with zero attached hydrogens (tertiary/aromatic N) is 4. The monoisotopic (exact) mass is 242 g/mol. The molecule has 0 atom stereocenters. The molecule has 4 heteroatoms. The van der Waals surface area contributed by atoms with Gasteiger partial charge in [-0.1, -0.05) is 24.3 Å². The molecule has 0 amide bonds. The third-order valence-corrected chi connectivity index (χ3v) is 2.96. The highest BCUT2D eigenvalue weighted by atomic mass is 14.7. The van der Waals surface area contributed by atoms with Crippen LogP contribution in [0.4, 0.5) is 0 Å². The van der Waals surface area contributed by atoms with E-state index in [1.54, 1.807) is 24.3 Å². The Morgan fingerprint density at radius 3 is 2.05 bits per heavy atom. The molecule has 0 aliphatic heterocycles. The van der Waals surface area contributed by atoms with E-state index in [9.17, 15) is 0 Å². The van der Waals surface area contributed by atoms with Crippen molar-refractivity contribution in [2.45, 2.75) is 6.42 Å². The quantitative estimate of drug-likeness (QED) is 0.518. The van der Waals surface area contributed by atoms with E-state index in [-0.39, 0.29) is 17.7 Å². The first-order valence-electron chi connectivity index (χ1n) is 5.40. The molecule has 0 aromatic heterocycles. The fraction of sp³-hybridized carbons (Fsp3) is 0.0667. The molecule has 0 saturated heterocycles. The van der Waals surface area contributed by atoms with Crippen molar-refractivity contribution < 1.29 is 0 Å². The predicted molar refractivity (Wildman–Crippen MR) is 68.3 cm³/mol. The summed E-state index contributed by atoms with van der Waals surface area (Å²) < 4.78 is 0. The second-order valence-corrected chi connectivity index (χ2v) is 3.85. The van der Waals surface area contributed by atoms with Gasteiger partial charge in [-0.25, -0.2) is 10.1 Å². The lowest BCUT2D eigenvalue weighted by molar-refractivity contribution is 1.41. The van der Waals surface area contributed by atoms with Gasteiger partial charge in [-0.3, -0.25) is 0 Å². The molecule has 0 heterocycles. The van der Waals surface area contributed by atoms with Crippen LogP contribution in [0.25, 0.3) is 16.0 Å². The van der Waals surface area contributed by atoms with Gasteiger partial charge in [0.1, 0.15) is 17.7 Å². The molecule has 0 bridgehead atoms. The molecule has 0 radical (unpaired) electrons. The van der Waals surface area contributed by atoms with Crippen molar-refractivity contribution >= 4 is 11.1 Å². The molecule has 1 aromatic rings. The predicted octanol–water partition coefficient (Wildman–Crippen LogP) is 3.05. The fourth-order valence-electron chi connectivity index (χ4n) is 2.13. The smallest absolute Gasteiger partial charge is 0.226 e. The van der Waals surface area contributed by atoms with Gasteiger partial charge in [0.05, 0.1) is 12.6 Å². The Bertz CT molecular complexity index is 684. The minimum absolute atomic E-state index is 0.0117. The minimum atomic E-state index is 0.0117. The summed E-state index contributed by atoms with van der Waals surface area (Å²) in [6.07, 6.45) is 0.279. The lowest BCUT2D eigenvalue weighted by Crippen LogP contribution is -1.83. The average molecular weight is 242 g/mol. The molecule has 0 fully saturated rings. The first-order chi connectivity index (χ1) is 9.26. The van der Waals surface area contributed by atoms with Crippen LogP contribution >= 0.6 is 0 Å². The maximum absolute atomic E-state index is 8.98. The molecule has 0 N–H and O–H groups in total. The topological polar surface area (TPSA) is 75.7 Å². The van der Waals surface area contributed by atoms with Crippen LogP contribution in [-0.4, -0.2) is 0 Å². The largest absolute Gasteiger partial charge is 0.266 e. The van der Waals surface area contributed by atoms with Crippen molar-refractivity contribution in [2.75, 3.05) is 0 Å². The lowest BCUT2D eigenvalue weighted by atomic mass is 10.0. The minimum Gasteiger partial charge on any atom is -0.226 e. The standard InChI is InChI=1S/C15H6N4/c1-19-15(9-18)14-6-13(10(7-16)8-17)11-4-2-3-5-12(11)14/h2-5H,6H2/b15-14-. The van der Waals surface area contributed by atoms with E-state index < -0.39 is 0 Å². The number of allylic oxidation sites excluding steroid dienone is 4. The number of benzene rings is 1. The van der Waals surface area contributed by atoms with Crippen LogP contribution in [0.15, 0.2) is 35.5 Å². The van der Waals surface area contributed by atoms with Crippen molar-refractivity contribution in [2.24, 2.45) is 0 Å². The van der Waals surface area contributed by atoms with E-state index in [1.165, 1.54) is 0 Å². The Kier molecular flexibility index (Phi) is 3.12. The van der Waals surface area contributed by atoms with E-state index in [2.05, 4.69) is 4.85 Å². The summed E-state index contributed by atoms with van der Waals surface area (Å²) in [6.45, 7) is 7.03. The first-order valence-corrected chi connectivity index (χ1v) is 5.40. The zero-order valence-corrected chi connectivity index (χ0v) is 9.81. The third-order valence-electron chi connectivity index (χ3n) is 2.96. The molecule has 2 rings (SSSR count). The molecule has 4 nitrogen and oxygen atoms in total. The van der Waals surface area contributed by atoms with E-state index >= 15 is 0 Å². The molecule has 1 aliphatic carbocycles. The van der Waals surface area contributed by atoms with Gasteiger partial charge >= 0.3 is 0 Å². The molecular weight excluding hydrogens is 236 g/mol. The highest BCUT2D eigenvalue weighted by Crippen LogP contribution is 2.43. The summed E-state index contributed by atoms with van der Waals surface area (Å²) in [4.78, 5) is 3.21. The van der Waals surface area contributed by atoms with Crippen LogP contribution in [0, 0.1) is 40.6 Å². The molecule has 86 valence electrons. The van der Waals surface area contributed by atoms with Gasteiger partial charge < -0.3 is 0 Å². The number of nitriles is 3. The normalized spacial score (nSPS) is 14.4. The van der Waals surface area contributed by atoms with E-state index in [4.69, 9.17) is 22.4 Å². The Morgan fingerprint density at radius 2 is 1.58 bits per heavy atom. The molecule has 0 saturated carbocycles. The Balaban J connectivity index is 2.82. The maximum Gasteiger partial charge on any atom is 0.266 e. The van der Waals surface area contributed by atoms with Crippen molar-refractivity contribution in [3.63, 3.8) is 0 Å². The zero-order valence-electron chi connectivity index (χ0n) is 9.81. The fourth-order valence-corrected chi connectivity index (χ4v) is 2.13.